The lowest BCUT2D eigenvalue weighted by Crippen LogP contribution is -2.40. The minimum absolute atomic E-state index is 0.0531. The Labute approximate surface area is 191 Å². The molecule has 0 saturated heterocycles. The molecule has 0 aliphatic rings. The van der Waals surface area contributed by atoms with Crippen molar-refractivity contribution in [3.05, 3.63) is 67.4 Å². The highest BCUT2D eigenvalue weighted by Gasteiger charge is 2.17. The van der Waals surface area contributed by atoms with E-state index in [0.29, 0.717) is 36.7 Å². The van der Waals surface area contributed by atoms with Crippen molar-refractivity contribution >= 4 is 22.8 Å². The van der Waals surface area contributed by atoms with Gasteiger partial charge < -0.3 is 14.6 Å². The van der Waals surface area contributed by atoms with Crippen LogP contribution in [0.3, 0.4) is 0 Å². The van der Waals surface area contributed by atoms with Gasteiger partial charge in [0.25, 0.3) is 5.56 Å². The largest absolute Gasteiger partial charge is 0.505 e. The number of phenols is 1. The summed E-state index contributed by atoms with van der Waals surface area (Å²) in [5, 5.41) is 13.2. The minimum atomic E-state index is -0.724. The molecule has 3 heterocycles. The first kappa shape index (κ1) is 22.7. The maximum absolute atomic E-state index is 13.5. The van der Waals surface area contributed by atoms with Gasteiger partial charge in [-0.05, 0) is 42.1 Å². The molecule has 0 aliphatic heterocycles. The van der Waals surface area contributed by atoms with Crippen molar-refractivity contribution in [3.63, 3.8) is 0 Å². The monoisotopic (exact) mass is 476 g/mol. The molecular weight excluding hydrogens is 455 g/mol. The number of imidazole rings is 1. The molecule has 174 valence electrons. The lowest BCUT2D eigenvalue weighted by atomic mass is 10.1. The zero-order valence-electron chi connectivity index (χ0n) is 17.8. The molecule has 4 aromatic rings. The van der Waals surface area contributed by atoms with Gasteiger partial charge >= 0.3 is 5.69 Å². The van der Waals surface area contributed by atoms with E-state index in [1.807, 2.05) is 6.92 Å². The highest BCUT2D eigenvalue weighted by Crippen LogP contribution is 2.18. The van der Waals surface area contributed by atoms with Gasteiger partial charge in [-0.15, -0.1) is 0 Å². The zero-order chi connectivity index (χ0) is 23.5. The standard InChI is InChI=1S/C21H22ClFN6O4/c1-2-3-8-28-18-17(25-20(22)26-18)19(31)29(21(28)32)9-4-5-15-24-16(33-27-15)11-12-6-7-14(30)13(23)10-12/h6-7,10,30H,2-5,8-9,11H2,1H3,(H,25,26). The number of nitrogens with one attached hydrogen (secondary N) is 1. The summed E-state index contributed by atoms with van der Waals surface area (Å²) in [4.78, 5) is 36.9. The minimum Gasteiger partial charge on any atom is -0.505 e. The number of unbranched alkanes of at least 4 members (excludes halogenated alkanes) is 1. The maximum Gasteiger partial charge on any atom is 0.332 e. The van der Waals surface area contributed by atoms with Crippen LogP contribution >= 0.6 is 11.6 Å². The van der Waals surface area contributed by atoms with Gasteiger partial charge in [0.2, 0.25) is 11.2 Å². The summed E-state index contributed by atoms with van der Waals surface area (Å²) in [6.07, 6.45) is 2.64. The Balaban J connectivity index is 1.47. The molecule has 10 nitrogen and oxygen atoms in total. The first-order chi connectivity index (χ1) is 15.9. The van der Waals surface area contributed by atoms with Crippen LogP contribution in [0.2, 0.25) is 5.28 Å². The molecule has 2 N–H and O–H groups in total. The van der Waals surface area contributed by atoms with E-state index in [9.17, 15) is 19.1 Å². The molecule has 0 fully saturated rings. The predicted molar refractivity (Wildman–Crippen MR) is 118 cm³/mol. The van der Waals surface area contributed by atoms with Crippen molar-refractivity contribution in [2.75, 3.05) is 0 Å². The topological polar surface area (TPSA) is 132 Å². The van der Waals surface area contributed by atoms with Crippen LogP contribution in [0.5, 0.6) is 5.75 Å². The molecule has 0 spiro atoms. The smallest absolute Gasteiger partial charge is 0.332 e. The Morgan fingerprint density at radius 3 is 2.73 bits per heavy atom. The third kappa shape index (κ3) is 4.82. The number of benzene rings is 1. The summed E-state index contributed by atoms with van der Waals surface area (Å²) in [6, 6.07) is 4.03. The van der Waals surface area contributed by atoms with E-state index in [4.69, 9.17) is 16.1 Å². The molecule has 12 heteroatoms. The number of hydrogen-bond acceptors (Lipinski definition) is 7. The lowest BCUT2D eigenvalue weighted by Gasteiger charge is -2.10. The number of H-pyrrole nitrogens is 1. The fourth-order valence-corrected chi connectivity index (χ4v) is 3.72. The second-order valence-electron chi connectivity index (χ2n) is 7.64. The summed E-state index contributed by atoms with van der Waals surface area (Å²) < 4.78 is 21.3. The average molecular weight is 477 g/mol. The number of aromatic amines is 1. The van der Waals surface area contributed by atoms with Gasteiger partial charge in [0, 0.05) is 19.5 Å². The first-order valence-electron chi connectivity index (χ1n) is 10.5. The fraction of sp³-hybridized carbons (Fsp3) is 0.381. The van der Waals surface area contributed by atoms with E-state index >= 15 is 0 Å². The average Bonchev–Trinajstić information content (AvgIpc) is 3.39. The SMILES string of the molecule is CCCCn1c(=O)n(CCCc2noc(Cc3ccc(O)c(F)c3)n2)c(=O)c2[nH]c(Cl)nc21. The molecule has 0 saturated carbocycles. The van der Waals surface area contributed by atoms with Gasteiger partial charge in [0.1, 0.15) is 0 Å². The van der Waals surface area contributed by atoms with E-state index in [-0.39, 0.29) is 29.4 Å². The Hall–Kier alpha value is -3.47. The van der Waals surface area contributed by atoms with Crippen molar-refractivity contribution in [1.29, 1.82) is 0 Å². The molecular formula is C21H22ClFN6O4. The van der Waals surface area contributed by atoms with Gasteiger partial charge in [-0.3, -0.25) is 13.9 Å². The highest BCUT2D eigenvalue weighted by atomic mass is 35.5. The van der Waals surface area contributed by atoms with Crippen molar-refractivity contribution in [2.45, 2.75) is 52.1 Å². The number of phenolic OH excluding ortho intramolecular Hbond substituents is 1. The van der Waals surface area contributed by atoms with Crippen LogP contribution in [-0.4, -0.2) is 34.3 Å². The number of hydrogen-bond donors (Lipinski definition) is 2. The molecule has 33 heavy (non-hydrogen) atoms. The summed E-state index contributed by atoms with van der Waals surface area (Å²) >= 11 is 5.94. The van der Waals surface area contributed by atoms with E-state index < -0.39 is 22.8 Å². The number of nitrogens with zero attached hydrogens (tertiary/aromatic N) is 5. The van der Waals surface area contributed by atoms with Crippen molar-refractivity contribution in [3.8, 4) is 5.75 Å². The summed E-state index contributed by atoms with van der Waals surface area (Å²) in [5.41, 5.74) is 0.107. The highest BCUT2D eigenvalue weighted by molar-refractivity contribution is 6.28. The summed E-state index contributed by atoms with van der Waals surface area (Å²) in [5.74, 6) is -0.445. The first-order valence-corrected chi connectivity index (χ1v) is 10.9. The van der Waals surface area contributed by atoms with Gasteiger partial charge in [0.05, 0.1) is 6.42 Å². The number of fused-ring (bicyclic) bond motifs is 1. The number of aromatic hydroxyl groups is 1. The van der Waals surface area contributed by atoms with E-state index in [2.05, 4.69) is 20.1 Å². The normalized spacial score (nSPS) is 11.5. The molecule has 0 radical (unpaired) electrons. The lowest BCUT2D eigenvalue weighted by molar-refractivity contribution is 0.378. The Bertz CT molecular complexity index is 1410. The third-order valence-corrected chi connectivity index (χ3v) is 5.41. The third-order valence-electron chi connectivity index (χ3n) is 5.23. The Morgan fingerprint density at radius 1 is 1.18 bits per heavy atom. The van der Waals surface area contributed by atoms with E-state index in [1.165, 1.54) is 16.7 Å². The van der Waals surface area contributed by atoms with Crippen LogP contribution in [0.1, 0.15) is 43.5 Å². The zero-order valence-corrected chi connectivity index (χ0v) is 18.6. The van der Waals surface area contributed by atoms with Crippen LogP contribution in [0.25, 0.3) is 11.2 Å². The quantitative estimate of drug-likeness (QED) is 0.355. The predicted octanol–water partition coefficient (Wildman–Crippen LogP) is 2.79. The molecule has 0 atom stereocenters. The summed E-state index contributed by atoms with van der Waals surface area (Å²) in [7, 11) is 0. The Kier molecular flexibility index (Phi) is 6.59. The molecule has 0 bridgehead atoms. The van der Waals surface area contributed by atoms with Crippen LogP contribution in [0, 0.1) is 5.82 Å². The number of aryl methyl sites for hydroxylation is 2. The van der Waals surface area contributed by atoms with Crippen LogP contribution < -0.4 is 11.2 Å². The van der Waals surface area contributed by atoms with Crippen LogP contribution in [-0.2, 0) is 25.9 Å². The van der Waals surface area contributed by atoms with E-state index in [0.717, 1.165) is 17.4 Å². The second kappa shape index (κ2) is 9.57. The Morgan fingerprint density at radius 2 is 1.97 bits per heavy atom. The van der Waals surface area contributed by atoms with Gasteiger partial charge in [-0.25, -0.2) is 9.18 Å². The molecule has 0 unspecified atom stereocenters. The summed E-state index contributed by atoms with van der Waals surface area (Å²) in [6.45, 7) is 2.59. The molecule has 4 rings (SSSR count). The molecule has 0 aliphatic carbocycles. The van der Waals surface area contributed by atoms with Crippen molar-refractivity contribution in [1.82, 2.24) is 29.2 Å². The van der Waals surface area contributed by atoms with Gasteiger partial charge in [-0.2, -0.15) is 9.97 Å². The number of rotatable bonds is 9. The number of halogens is 2. The maximum atomic E-state index is 13.5. The van der Waals surface area contributed by atoms with E-state index in [1.54, 1.807) is 6.07 Å². The van der Waals surface area contributed by atoms with Crippen molar-refractivity contribution < 1.29 is 14.0 Å². The van der Waals surface area contributed by atoms with Gasteiger partial charge in [0.15, 0.2) is 28.6 Å². The molecule has 1 aromatic carbocycles. The molecule has 0 amide bonds. The fourth-order valence-electron chi connectivity index (χ4n) is 3.55. The second-order valence-corrected chi connectivity index (χ2v) is 8.00. The number of aromatic nitrogens is 6. The van der Waals surface area contributed by atoms with Crippen LogP contribution in [0.4, 0.5) is 4.39 Å². The van der Waals surface area contributed by atoms with Crippen LogP contribution in [0.15, 0.2) is 32.3 Å². The molecule has 3 aromatic heterocycles. The van der Waals surface area contributed by atoms with Gasteiger partial charge in [-0.1, -0.05) is 24.6 Å². The van der Waals surface area contributed by atoms with Crippen molar-refractivity contribution in [2.24, 2.45) is 0 Å².